The summed E-state index contributed by atoms with van der Waals surface area (Å²) in [5, 5.41) is 5.61. The summed E-state index contributed by atoms with van der Waals surface area (Å²) in [4.78, 5) is 37.9. The second-order valence-corrected chi connectivity index (χ2v) is 9.54. The molecule has 0 unspecified atom stereocenters. The lowest BCUT2D eigenvalue weighted by Crippen LogP contribution is -2.16. The van der Waals surface area contributed by atoms with Crippen LogP contribution in [0.25, 0.3) is 11.6 Å². The molecule has 3 aromatic rings. The van der Waals surface area contributed by atoms with Crippen LogP contribution in [0.1, 0.15) is 32.7 Å². The van der Waals surface area contributed by atoms with E-state index in [1.54, 1.807) is 12.3 Å². The fourth-order valence-electron chi connectivity index (χ4n) is 4.02. The molecular weight excluding hydrogens is 554 g/mol. The number of H-pyrrole nitrogens is 1. The molecule has 0 bridgehead atoms. The van der Waals surface area contributed by atoms with E-state index >= 15 is 0 Å². The van der Waals surface area contributed by atoms with Crippen molar-refractivity contribution in [3.63, 3.8) is 0 Å². The number of fused-ring (bicyclic) bond motifs is 3. The summed E-state index contributed by atoms with van der Waals surface area (Å²) in [6.07, 6.45) is 4.59. The van der Waals surface area contributed by atoms with Crippen LogP contribution < -0.4 is 10.6 Å². The number of rotatable bonds is 1. The van der Waals surface area contributed by atoms with Crippen molar-refractivity contribution in [1.82, 2.24) is 4.98 Å². The summed E-state index contributed by atoms with van der Waals surface area (Å²) in [6.45, 7) is 0.369. The molecule has 9 heteroatoms. The van der Waals surface area contributed by atoms with Crippen LogP contribution >= 0.6 is 31.9 Å². The number of benzene rings is 2. The van der Waals surface area contributed by atoms with Crippen LogP contribution in [-0.2, 0) is 27.2 Å². The first-order valence-corrected chi connectivity index (χ1v) is 11.8. The van der Waals surface area contributed by atoms with Gasteiger partial charge in [0.25, 0.3) is 5.91 Å². The van der Waals surface area contributed by atoms with Crippen LogP contribution in [0.2, 0.25) is 0 Å². The minimum absolute atomic E-state index is 0.0816. The largest absolute Gasteiger partial charge is 0.462 e. The Hall–Kier alpha value is -3.17. The summed E-state index contributed by atoms with van der Waals surface area (Å²) in [6, 6.07) is 11.4. The van der Waals surface area contributed by atoms with Crippen molar-refractivity contribution in [3.05, 3.63) is 79.5 Å². The van der Waals surface area contributed by atoms with E-state index in [2.05, 4.69) is 47.5 Å². The van der Waals surface area contributed by atoms with Crippen molar-refractivity contribution in [2.24, 2.45) is 0 Å². The van der Waals surface area contributed by atoms with Crippen molar-refractivity contribution in [2.45, 2.75) is 12.8 Å². The van der Waals surface area contributed by atoms with Gasteiger partial charge in [-0.2, -0.15) is 0 Å². The number of hydrogen-bond acceptors (Lipinski definition) is 4. The minimum Gasteiger partial charge on any atom is -0.462 e. The molecule has 4 heterocycles. The van der Waals surface area contributed by atoms with Crippen molar-refractivity contribution in [1.29, 1.82) is 0 Å². The Morgan fingerprint density at radius 1 is 0.909 bits per heavy atom. The molecule has 0 saturated carbocycles. The Morgan fingerprint density at radius 3 is 2.48 bits per heavy atom. The maximum Gasteiger partial charge on any atom is 0.339 e. The molecule has 0 aliphatic carbocycles. The normalized spacial score (nSPS) is 16.8. The SMILES string of the molecule is O=C1Cc2cc(Br)ccc2N1.O=C1Nc2ccc(Br)cc2C1=Cc1[nH]cc2c1CCOC2=O. The predicted molar refractivity (Wildman–Crippen MR) is 132 cm³/mol. The Labute approximate surface area is 205 Å². The van der Waals surface area contributed by atoms with E-state index in [-0.39, 0.29) is 17.8 Å². The number of anilines is 2. The third kappa shape index (κ3) is 4.26. The van der Waals surface area contributed by atoms with Crippen LogP contribution in [-0.4, -0.2) is 29.4 Å². The summed E-state index contributed by atoms with van der Waals surface area (Å²) >= 11 is 6.77. The van der Waals surface area contributed by atoms with Gasteiger partial charge in [-0.25, -0.2) is 4.79 Å². The highest BCUT2D eigenvalue weighted by atomic mass is 79.9. The van der Waals surface area contributed by atoms with E-state index in [1.165, 1.54) is 0 Å². The minimum atomic E-state index is -0.318. The summed E-state index contributed by atoms with van der Waals surface area (Å²) in [5.41, 5.74) is 6.47. The lowest BCUT2D eigenvalue weighted by Gasteiger charge is -2.12. The number of cyclic esters (lactones) is 1. The molecule has 0 saturated heterocycles. The highest BCUT2D eigenvalue weighted by Gasteiger charge is 2.27. The van der Waals surface area contributed by atoms with Crippen LogP contribution in [0.3, 0.4) is 0 Å². The number of hydrogen-bond donors (Lipinski definition) is 3. The molecule has 0 spiro atoms. The maximum absolute atomic E-state index is 12.2. The van der Waals surface area contributed by atoms with Crippen LogP contribution in [0.4, 0.5) is 11.4 Å². The zero-order valence-corrected chi connectivity index (χ0v) is 20.3. The van der Waals surface area contributed by atoms with Gasteiger partial charge in [-0.05, 0) is 53.6 Å². The molecule has 3 aliphatic heterocycles. The van der Waals surface area contributed by atoms with E-state index in [1.807, 2.05) is 36.4 Å². The molecule has 33 heavy (non-hydrogen) atoms. The second kappa shape index (κ2) is 8.64. The van der Waals surface area contributed by atoms with E-state index < -0.39 is 0 Å². The number of aromatic nitrogens is 1. The van der Waals surface area contributed by atoms with Gasteiger partial charge in [-0.1, -0.05) is 31.9 Å². The number of amides is 2. The monoisotopic (exact) mass is 569 g/mol. The number of nitrogens with one attached hydrogen (secondary N) is 3. The molecule has 3 N–H and O–H groups in total. The molecule has 7 nitrogen and oxygen atoms in total. The summed E-state index contributed by atoms with van der Waals surface area (Å²) < 4.78 is 6.94. The fraction of sp³-hybridized carbons (Fsp3) is 0.125. The third-order valence-electron chi connectivity index (χ3n) is 5.57. The molecule has 6 rings (SSSR count). The Morgan fingerprint density at radius 2 is 1.67 bits per heavy atom. The topological polar surface area (TPSA) is 100 Å². The Kier molecular flexibility index (Phi) is 5.67. The average molecular weight is 571 g/mol. The van der Waals surface area contributed by atoms with Gasteiger partial charge >= 0.3 is 5.97 Å². The molecule has 2 aromatic carbocycles. The Bertz CT molecular complexity index is 1360. The van der Waals surface area contributed by atoms with Crippen molar-refractivity contribution in [2.75, 3.05) is 17.2 Å². The van der Waals surface area contributed by atoms with Gasteiger partial charge in [-0.15, -0.1) is 0 Å². The van der Waals surface area contributed by atoms with Gasteiger partial charge in [0, 0.05) is 44.2 Å². The van der Waals surface area contributed by atoms with E-state index in [9.17, 15) is 14.4 Å². The number of esters is 1. The average Bonchev–Trinajstić information content (AvgIpc) is 3.44. The summed E-state index contributed by atoms with van der Waals surface area (Å²) in [7, 11) is 0. The highest BCUT2D eigenvalue weighted by molar-refractivity contribution is 9.10. The second-order valence-electron chi connectivity index (χ2n) is 7.71. The zero-order chi connectivity index (χ0) is 23.1. The molecule has 2 amide bonds. The Balaban J connectivity index is 0.000000174. The van der Waals surface area contributed by atoms with Crippen molar-refractivity contribution < 1.29 is 19.1 Å². The highest BCUT2D eigenvalue weighted by Crippen LogP contribution is 2.36. The first-order chi connectivity index (χ1) is 15.9. The van der Waals surface area contributed by atoms with E-state index in [0.717, 1.165) is 42.7 Å². The molecule has 1 aromatic heterocycles. The molecule has 166 valence electrons. The smallest absolute Gasteiger partial charge is 0.339 e. The first kappa shape index (κ1) is 21.7. The quantitative estimate of drug-likeness (QED) is 0.285. The molecule has 0 atom stereocenters. The van der Waals surface area contributed by atoms with Crippen molar-refractivity contribution >= 4 is 72.7 Å². The molecule has 0 fully saturated rings. The summed E-state index contributed by atoms with van der Waals surface area (Å²) in [5.74, 6) is -0.380. The van der Waals surface area contributed by atoms with Gasteiger partial charge in [0.15, 0.2) is 0 Å². The fourth-order valence-corrected chi connectivity index (χ4v) is 4.79. The number of carbonyl (C=O) groups is 3. The molecular formula is C24H17Br2N3O4. The lowest BCUT2D eigenvalue weighted by atomic mass is 10.0. The molecule has 3 aliphatic rings. The van der Waals surface area contributed by atoms with Crippen LogP contribution in [0, 0.1) is 0 Å². The van der Waals surface area contributed by atoms with Gasteiger partial charge in [0.1, 0.15) is 0 Å². The van der Waals surface area contributed by atoms with Gasteiger partial charge in [0.2, 0.25) is 5.91 Å². The predicted octanol–water partition coefficient (Wildman–Crippen LogP) is 4.93. The lowest BCUT2D eigenvalue weighted by molar-refractivity contribution is -0.115. The zero-order valence-electron chi connectivity index (χ0n) is 17.1. The van der Waals surface area contributed by atoms with Crippen LogP contribution in [0.15, 0.2) is 51.5 Å². The van der Waals surface area contributed by atoms with Gasteiger partial charge in [0.05, 0.1) is 24.2 Å². The molecule has 0 radical (unpaired) electrons. The van der Waals surface area contributed by atoms with E-state index in [4.69, 9.17) is 4.74 Å². The number of ether oxygens (including phenoxy) is 1. The van der Waals surface area contributed by atoms with Gasteiger partial charge < -0.3 is 20.4 Å². The standard InChI is InChI=1S/C16H11BrN2O3.C8H6BrNO/c17-8-1-2-13-10(5-8)11(15(20)19-13)6-14-9-3-4-22-16(21)12(9)7-18-14;9-6-1-2-7-5(3-6)4-8(11)10-7/h1-2,5-7,18H,3-4H2,(H,19,20);1-3H,4H2,(H,10,11). The number of carbonyl (C=O) groups excluding carboxylic acids is 3. The third-order valence-corrected chi connectivity index (χ3v) is 6.56. The van der Waals surface area contributed by atoms with Gasteiger partial charge in [-0.3, -0.25) is 9.59 Å². The maximum atomic E-state index is 12.2. The first-order valence-electron chi connectivity index (χ1n) is 10.2. The van der Waals surface area contributed by atoms with Crippen molar-refractivity contribution in [3.8, 4) is 0 Å². The number of halogens is 2. The van der Waals surface area contributed by atoms with E-state index in [0.29, 0.717) is 30.6 Å². The van der Waals surface area contributed by atoms with Crippen LogP contribution in [0.5, 0.6) is 0 Å². The number of aromatic amines is 1.